The first-order valence-electron chi connectivity index (χ1n) is 5.81. The van der Waals surface area contributed by atoms with Crippen LogP contribution in [-0.2, 0) is 0 Å². The summed E-state index contributed by atoms with van der Waals surface area (Å²) in [6, 6.07) is 13.8. The Morgan fingerprint density at radius 1 is 1.11 bits per heavy atom. The maximum Gasteiger partial charge on any atom is 0.119 e. The summed E-state index contributed by atoms with van der Waals surface area (Å²) < 4.78 is 5.21. The molecular weight excluding hydrogens is 246 g/mol. The summed E-state index contributed by atoms with van der Waals surface area (Å²) >= 11 is 6.21. The van der Waals surface area contributed by atoms with Gasteiger partial charge in [0.25, 0.3) is 0 Å². The second-order valence-electron chi connectivity index (χ2n) is 4.26. The molecule has 0 aromatic heterocycles. The van der Waals surface area contributed by atoms with Gasteiger partial charge >= 0.3 is 0 Å². The number of hydrogen-bond acceptors (Lipinski definition) is 2. The van der Waals surface area contributed by atoms with E-state index in [-0.39, 0.29) is 6.04 Å². The topological polar surface area (TPSA) is 35.2 Å². The van der Waals surface area contributed by atoms with Crippen LogP contribution in [0.2, 0.25) is 5.02 Å². The van der Waals surface area contributed by atoms with E-state index in [0.29, 0.717) is 5.02 Å². The number of nitrogens with two attached hydrogens (primary N) is 1. The third kappa shape index (κ3) is 2.66. The van der Waals surface area contributed by atoms with Gasteiger partial charge in [0.2, 0.25) is 0 Å². The number of halogens is 1. The molecule has 0 saturated heterocycles. The Morgan fingerprint density at radius 3 is 2.33 bits per heavy atom. The van der Waals surface area contributed by atoms with Crippen LogP contribution in [0.3, 0.4) is 0 Å². The summed E-state index contributed by atoms with van der Waals surface area (Å²) in [6.45, 7) is 1.97. The highest BCUT2D eigenvalue weighted by molar-refractivity contribution is 6.33. The standard InChI is InChI=1S/C15H16ClNO/c1-10(17)11-3-5-12(6-4-11)14-9-13(18-2)7-8-15(14)16/h3-10H,17H2,1-2H3. The van der Waals surface area contributed by atoms with E-state index in [2.05, 4.69) is 0 Å². The monoisotopic (exact) mass is 261 g/mol. The highest BCUT2D eigenvalue weighted by atomic mass is 35.5. The maximum absolute atomic E-state index is 6.21. The third-order valence-corrected chi connectivity index (χ3v) is 3.25. The van der Waals surface area contributed by atoms with Crippen molar-refractivity contribution < 1.29 is 4.74 Å². The minimum Gasteiger partial charge on any atom is -0.497 e. The van der Waals surface area contributed by atoms with E-state index in [0.717, 1.165) is 22.4 Å². The molecule has 1 atom stereocenters. The molecular formula is C15H16ClNO. The van der Waals surface area contributed by atoms with Crippen LogP contribution in [0.5, 0.6) is 5.75 Å². The lowest BCUT2D eigenvalue weighted by Gasteiger charge is -2.10. The number of rotatable bonds is 3. The summed E-state index contributed by atoms with van der Waals surface area (Å²) in [7, 11) is 1.65. The molecule has 3 heteroatoms. The molecule has 0 fully saturated rings. The Balaban J connectivity index is 2.41. The van der Waals surface area contributed by atoms with Gasteiger partial charge in [0, 0.05) is 16.6 Å². The first-order valence-corrected chi connectivity index (χ1v) is 6.19. The zero-order valence-electron chi connectivity index (χ0n) is 10.5. The molecule has 0 radical (unpaired) electrons. The molecule has 94 valence electrons. The van der Waals surface area contributed by atoms with Crippen LogP contribution in [0.15, 0.2) is 42.5 Å². The van der Waals surface area contributed by atoms with Gasteiger partial charge in [0.05, 0.1) is 7.11 Å². The van der Waals surface area contributed by atoms with Gasteiger partial charge in [-0.15, -0.1) is 0 Å². The molecule has 2 rings (SSSR count). The Hall–Kier alpha value is -1.51. The third-order valence-electron chi connectivity index (χ3n) is 2.92. The van der Waals surface area contributed by atoms with Crippen LogP contribution in [0, 0.1) is 0 Å². The molecule has 0 saturated carbocycles. The molecule has 1 unspecified atom stereocenters. The summed E-state index contributed by atoms with van der Waals surface area (Å²) in [5, 5.41) is 0.712. The summed E-state index contributed by atoms with van der Waals surface area (Å²) in [4.78, 5) is 0. The van der Waals surface area contributed by atoms with Crippen molar-refractivity contribution in [3.63, 3.8) is 0 Å². The van der Waals surface area contributed by atoms with Crippen LogP contribution in [0.25, 0.3) is 11.1 Å². The van der Waals surface area contributed by atoms with Gasteiger partial charge in [0.15, 0.2) is 0 Å². The molecule has 0 aliphatic heterocycles. The molecule has 2 aromatic carbocycles. The molecule has 0 spiro atoms. The molecule has 2 nitrogen and oxygen atoms in total. The van der Waals surface area contributed by atoms with Crippen molar-refractivity contribution in [3.8, 4) is 16.9 Å². The predicted octanol–water partition coefficient (Wildman–Crippen LogP) is 4.04. The fraction of sp³-hybridized carbons (Fsp3) is 0.200. The highest BCUT2D eigenvalue weighted by Crippen LogP contribution is 2.31. The molecule has 2 N–H and O–H groups in total. The molecule has 0 aliphatic rings. The Bertz CT molecular complexity index is 535. The molecule has 18 heavy (non-hydrogen) atoms. The van der Waals surface area contributed by atoms with Crippen molar-refractivity contribution in [1.29, 1.82) is 0 Å². The minimum absolute atomic E-state index is 0.0415. The highest BCUT2D eigenvalue weighted by Gasteiger charge is 2.06. The Labute approximate surface area is 112 Å². The van der Waals surface area contributed by atoms with E-state index >= 15 is 0 Å². The van der Waals surface area contributed by atoms with Crippen LogP contribution in [-0.4, -0.2) is 7.11 Å². The fourth-order valence-electron chi connectivity index (χ4n) is 1.82. The van der Waals surface area contributed by atoms with Crippen LogP contribution >= 0.6 is 11.6 Å². The van der Waals surface area contributed by atoms with Crippen LogP contribution < -0.4 is 10.5 Å². The second-order valence-corrected chi connectivity index (χ2v) is 4.66. The van der Waals surface area contributed by atoms with Gasteiger partial charge in [-0.25, -0.2) is 0 Å². The van der Waals surface area contributed by atoms with Crippen molar-refractivity contribution in [2.45, 2.75) is 13.0 Å². The van der Waals surface area contributed by atoms with E-state index in [1.54, 1.807) is 7.11 Å². The Kier molecular flexibility index (Phi) is 3.90. The SMILES string of the molecule is COc1ccc(Cl)c(-c2ccc(C(C)N)cc2)c1. The summed E-state index contributed by atoms with van der Waals surface area (Å²) in [6.07, 6.45) is 0. The van der Waals surface area contributed by atoms with E-state index in [9.17, 15) is 0 Å². The van der Waals surface area contributed by atoms with Crippen molar-refractivity contribution in [1.82, 2.24) is 0 Å². The number of methoxy groups -OCH3 is 1. The van der Waals surface area contributed by atoms with Gasteiger partial charge in [-0.3, -0.25) is 0 Å². The molecule has 2 aromatic rings. The normalized spacial score (nSPS) is 12.2. The molecule has 0 amide bonds. The van der Waals surface area contributed by atoms with Gasteiger partial charge in [-0.05, 0) is 36.2 Å². The average Bonchev–Trinajstić information content (AvgIpc) is 2.39. The van der Waals surface area contributed by atoms with E-state index in [1.807, 2.05) is 49.4 Å². The average molecular weight is 262 g/mol. The zero-order chi connectivity index (χ0) is 13.1. The van der Waals surface area contributed by atoms with Crippen molar-refractivity contribution in [3.05, 3.63) is 53.1 Å². The maximum atomic E-state index is 6.21. The molecule has 0 aliphatic carbocycles. The van der Waals surface area contributed by atoms with Gasteiger partial charge in [0.1, 0.15) is 5.75 Å². The first kappa shape index (κ1) is 12.9. The number of benzene rings is 2. The largest absolute Gasteiger partial charge is 0.497 e. The number of ether oxygens (including phenoxy) is 1. The van der Waals surface area contributed by atoms with Crippen LogP contribution in [0.1, 0.15) is 18.5 Å². The van der Waals surface area contributed by atoms with Gasteiger partial charge in [-0.2, -0.15) is 0 Å². The smallest absolute Gasteiger partial charge is 0.119 e. The summed E-state index contributed by atoms with van der Waals surface area (Å²) in [5.74, 6) is 0.797. The van der Waals surface area contributed by atoms with E-state index in [1.165, 1.54) is 0 Å². The van der Waals surface area contributed by atoms with Crippen molar-refractivity contribution in [2.75, 3.05) is 7.11 Å². The molecule has 0 bridgehead atoms. The van der Waals surface area contributed by atoms with Crippen molar-refractivity contribution >= 4 is 11.6 Å². The lowest BCUT2D eigenvalue weighted by molar-refractivity contribution is 0.415. The first-order chi connectivity index (χ1) is 8.61. The second kappa shape index (κ2) is 5.42. The molecule has 0 heterocycles. The number of hydrogen-bond donors (Lipinski definition) is 1. The lowest BCUT2D eigenvalue weighted by atomic mass is 10.0. The summed E-state index contributed by atoms with van der Waals surface area (Å²) in [5.41, 5.74) is 8.96. The van der Waals surface area contributed by atoms with Gasteiger partial charge < -0.3 is 10.5 Å². The zero-order valence-corrected chi connectivity index (χ0v) is 11.2. The van der Waals surface area contributed by atoms with Crippen LogP contribution in [0.4, 0.5) is 0 Å². The van der Waals surface area contributed by atoms with Crippen molar-refractivity contribution in [2.24, 2.45) is 5.73 Å². The predicted molar refractivity (Wildman–Crippen MR) is 76.0 cm³/mol. The quantitative estimate of drug-likeness (QED) is 0.905. The lowest BCUT2D eigenvalue weighted by Crippen LogP contribution is -2.04. The Morgan fingerprint density at radius 2 is 1.78 bits per heavy atom. The van der Waals surface area contributed by atoms with E-state index in [4.69, 9.17) is 22.1 Å². The van der Waals surface area contributed by atoms with E-state index < -0.39 is 0 Å². The minimum atomic E-state index is 0.0415. The van der Waals surface area contributed by atoms with Gasteiger partial charge in [-0.1, -0.05) is 35.9 Å². The fourth-order valence-corrected chi connectivity index (χ4v) is 2.05.